The number of hydrogen-bond donors (Lipinski definition) is 2. The van der Waals surface area contributed by atoms with Crippen LogP contribution in [-0.4, -0.2) is 34.5 Å². The molecule has 0 bridgehead atoms. The van der Waals surface area contributed by atoms with E-state index in [1.807, 2.05) is 0 Å². The zero-order chi connectivity index (χ0) is 23.8. The second-order valence-corrected chi connectivity index (χ2v) is 7.51. The van der Waals surface area contributed by atoms with Gasteiger partial charge in [0.15, 0.2) is 5.82 Å². The Balaban J connectivity index is 1.70. The lowest BCUT2D eigenvalue weighted by Crippen LogP contribution is -2.28. The van der Waals surface area contributed by atoms with E-state index in [4.69, 9.17) is 0 Å². The monoisotopic (exact) mass is 462 g/mol. The van der Waals surface area contributed by atoms with Gasteiger partial charge in [-0.3, -0.25) is 9.59 Å². The molecule has 2 atom stereocenters. The van der Waals surface area contributed by atoms with Crippen LogP contribution in [0.2, 0.25) is 0 Å². The maximum atomic E-state index is 13.4. The Kier molecular flexibility index (Phi) is 5.79. The summed E-state index contributed by atoms with van der Waals surface area (Å²) in [7, 11) is 0. The van der Waals surface area contributed by atoms with E-state index in [0.29, 0.717) is 16.9 Å². The van der Waals surface area contributed by atoms with Gasteiger partial charge in [-0.2, -0.15) is 0 Å². The van der Waals surface area contributed by atoms with E-state index in [2.05, 4.69) is 20.5 Å². The minimum atomic E-state index is -4.86. The number of hydrogen-bond acceptors (Lipinski definition) is 4. The van der Waals surface area contributed by atoms with Crippen LogP contribution in [0.25, 0.3) is 16.9 Å². The highest BCUT2D eigenvalue weighted by Crippen LogP contribution is 2.31. The highest BCUT2D eigenvalue weighted by Gasteiger charge is 2.36. The van der Waals surface area contributed by atoms with Crippen LogP contribution in [-0.2, 0) is 9.59 Å². The molecule has 4 rings (SSSR count). The SMILES string of the molecule is CC1C(=O)NCC1C(=O)Nc1cc(-c2cccc(OC(F)(F)F)c2)n(-c2ccc(F)cc2)n1. The number of carbonyl (C=O) groups is 2. The van der Waals surface area contributed by atoms with Crippen molar-refractivity contribution in [3.63, 3.8) is 0 Å². The van der Waals surface area contributed by atoms with Gasteiger partial charge in [-0.15, -0.1) is 18.3 Å². The molecule has 3 aromatic rings. The van der Waals surface area contributed by atoms with E-state index in [1.54, 1.807) is 13.0 Å². The summed E-state index contributed by atoms with van der Waals surface area (Å²) in [6.07, 6.45) is -4.86. The summed E-state index contributed by atoms with van der Waals surface area (Å²) in [4.78, 5) is 24.4. The minimum absolute atomic E-state index is 0.119. The molecule has 33 heavy (non-hydrogen) atoms. The third-order valence-corrected chi connectivity index (χ3v) is 5.25. The smallest absolute Gasteiger partial charge is 0.406 e. The number of carbonyl (C=O) groups excluding carboxylic acids is 2. The molecule has 1 saturated heterocycles. The molecule has 2 unspecified atom stereocenters. The highest BCUT2D eigenvalue weighted by molar-refractivity contribution is 5.98. The number of alkyl halides is 3. The van der Waals surface area contributed by atoms with Crippen LogP contribution < -0.4 is 15.4 Å². The van der Waals surface area contributed by atoms with Crippen molar-refractivity contribution >= 4 is 17.6 Å². The third kappa shape index (κ3) is 4.97. The first-order chi connectivity index (χ1) is 15.6. The number of rotatable bonds is 5. The first-order valence-electron chi connectivity index (χ1n) is 9.91. The molecule has 2 amide bonds. The standard InChI is InChI=1S/C22H18F4N4O3/c1-12-17(11-27-20(12)31)21(32)28-19-10-18(30(29-19)15-7-5-14(23)6-8-15)13-3-2-4-16(9-13)33-22(24,25)26/h2-10,12,17H,11H2,1H3,(H,27,31)(H,28,29,32). The molecule has 2 N–H and O–H groups in total. The van der Waals surface area contributed by atoms with Crippen LogP contribution in [0.1, 0.15) is 6.92 Å². The molecule has 2 heterocycles. The van der Waals surface area contributed by atoms with Gasteiger partial charge in [-0.1, -0.05) is 19.1 Å². The van der Waals surface area contributed by atoms with E-state index >= 15 is 0 Å². The number of anilines is 1. The molecule has 1 aliphatic rings. The number of aromatic nitrogens is 2. The molecule has 0 spiro atoms. The van der Waals surface area contributed by atoms with Gasteiger partial charge in [0.25, 0.3) is 0 Å². The van der Waals surface area contributed by atoms with E-state index in [-0.39, 0.29) is 18.3 Å². The van der Waals surface area contributed by atoms with Gasteiger partial charge in [0.2, 0.25) is 11.8 Å². The Hall–Kier alpha value is -3.89. The second-order valence-electron chi connectivity index (χ2n) is 7.51. The maximum Gasteiger partial charge on any atom is 0.573 e. The fraction of sp³-hybridized carbons (Fsp3) is 0.227. The molecule has 0 radical (unpaired) electrons. The predicted molar refractivity (Wildman–Crippen MR) is 110 cm³/mol. The zero-order valence-corrected chi connectivity index (χ0v) is 17.2. The van der Waals surface area contributed by atoms with E-state index in [0.717, 1.165) is 6.07 Å². The lowest BCUT2D eigenvalue weighted by atomic mass is 9.97. The first kappa shape index (κ1) is 22.3. The van der Waals surface area contributed by atoms with Crippen molar-refractivity contribution in [1.82, 2.24) is 15.1 Å². The van der Waals surface area contributed by atoms with Crippen molar-refractivity contribution < 1.29 is 31.9 Å². The molecule has 1 aromatic heterocycles. The molecular formula is C22H18F4N4O3. The summed E-state index contributed by atoms with van der Waals surface area (Å²) >= 11 is 0. The Labute approximate surface area is 185 Å². The van der Waals surface area contributed by atoms with Crippen molar-refractivity contribution in [1.29, 1.82) is 0 Å². The molecule has 0 saturated carbocycles. The van der Waals surface area contributed by atoms with Crippen LogP contribution in [0.4, 0.5) is 23.4 Å². The number of ether oxygens (including phenoxy) is 1. The molecule has 1 fully saturated rings. The number of nitrogens with one attached hydrogen (secondary N) is 2. The number of amides is 2. The lowest BCUT2D eigenvalue weighted by Gasteiger charge is -2.11. The number of benzene rings is 2. The summed E-state index contributed by atoms with van der Waals surface area (Å²) in [6, 6.07) is 12.0. The summed E-state index contributed by atoms with van der Waals surface area (Å²) < 4.78 is 56.8. The van der Waals surface area contributed by atoms with Gasteiger partial charge in [0.05, 0.1) is 17.3 Å². The first-order valence-corrected chi connectivity index (χ1v) is 9.91. The summed E-state index contributed by atoms with van der Waals surface area (Å²) in [5.41, 5.74) is 1.07. The molecule has 2 aromatic carbocycles. The maximum absolute atomic E-state index is 13.4. The van der Waals surface area contributed by atoms with Gasteiger partial charge >= 0.3 is 6.36 Å². The Morgan fingerprint density at radius 1 is 1.18 bits per heavy atom. The lowest BCUT2D eigenvalue weighted by molar-refractivity contribution is -0.274. The van der Waals surface area contributed by atoms with E-state index in [1.165, 1.54) is 47.1 Å². The molecular weight excluding hydrogens is 444 g/mol. The molecule has 11 heteroatoms. The van der Waals surface area contributed by atoms with Gasteiger partial charge in [0, 0.05) is 24.1 Å². The van der Waals surface area contributed by atoms with Crippen LogP contribution in [0.5, 0.6) is 5.75 Å². The average molecular weight is 462 g/mol. The molecule has 172 valence electrons. The van der Waals surface area contributed by atoms with Crippen molar-refractivity contribution in [3.8, 4) is 22.7 Å². The van der Waals surface area contributed by atoms with Crippen LogP contribution in [0, 0.1) is 17.7 Å². The topological polar surface area (TPSA) is 85.3 Å². The molecule has 1 aliphatic heterocycles. The fourth-order valence-corrected chi connectivity index (χ4v) is 3.55. The van der Waals surface area contributed by atoms with Crippen molar-refractivity contribution in [2.24, 2.45) is 11.8 Å². The van der Waals surface area contributed by atoms with Crippen LogP contribution >= 0.6 is 0 Å². The largest absolute Gasteiger partial charge is 0.573 e. The van der Waals surface area contributed by atoms with Crippen molar-refractivity contribution in [3.05, 3.63) is 60.4 Å². The van der Waals surface area contributed by atoms with E-state index < -0.39 is 35.7 Å². The van der Waals surface area contributed by atoms with Crippen LogP contribution in [0.3, 0.4) is 0 Å². The van der Waals surface area contributed by atoms with Gasteiger partial charge in [-0.05, 0) is 36.4 Å². The Morgan fingerprint density at radius 3 is 2.55 bits per heavy atom. The fourth-order valence-electron chi connectivity index (χ4n) is 3.55. The Bertz CT molecular complexity index is 1190. The second kappa shape index (κ2) is 8.57. The normalized spacial score (nSPS) is 18.2. The minimum Gasteiger partial charge on any atom is -0.406 e. The molecule has 0 aliphatic carbocycles. The van der Waals surface area contributed by atoms with Gasteiger partial charge in [-0.25, -0.2) is 9.07 Å². The van der Waals surface area contributed by atoms with Crippen LogP contribution in [0.15, 0.2) is 54.6 Å². The molecule has 7 nitrogen and oxygen atoms in total. The average Bonchev–Trinajstić information content (AvgIpc) is 3.31. The van der Waals surface area contributed by atoms with Crippen molar-refractivity contribution in [2.75, 3.05) is 11.9 Å². The quantitative estimate of drug-likeness (QED) is 0.564. The summed E-state index contributed by atoms with van der Waals surface area (Å²) in [6.45, 7) is 1.83. The van der Waals surface area contributed by atoms with Gasteiger partial charge < -0.3 is 15.4 Å². The Morgan fingerprint density at radius 2 is 1.91 bits per heavy atom. The van der Waals surface area contributed by atoms with Gasteiger partial charge in [0.1, 0.15) is 11.6 Å². The number of halogens is 4. The van der Waals surface area contributed by atoms with Crippen molar-refractivity contribution in [2.45, 2.75) is 13.3 Å². The van der Waals surface area contributed by atoms with E-state index in [9.17, 15) is 27.2 Å². The third-order valence-electron chi connectivity index (χ3n) is 5.25. The summed E-state index contributed by atoms with van der Waals surface area (Å²) in [5, 5.41) is 9.61. The highest BCUT2D eigenvalue weighted by atomic mass is 19.4. The summed E-state index contributed by atoms with van der Waals surface area (Å²) in [5.74, 6) is -2.55. The predicted octanol–water partition coefficient (Wildman–Crippen LogP) is 3.90. The zero-order valence-electron chi connectivity index (χ0n) is 17.2. The number of nitrogens with zero attached hydrogens (tertiary/aromatic N) is 2.